The van der Waals surface area contributed by atoms with Crippen LogP contribution in [0.25, 0.3) is 11.1 Å². The van der Waals surface area contributed by atoms with Crippen molar-refractivity contribution in [3.63, 3.8) is 0 Å². The van der Waals surface area contributed by atoms with Crippen molar-refractivity contribution in [3.8, 4) is 17.2 Å². The van der Waals surface area contributed by atoms with Gasteiger partial charge in [0.2, 0.25) is 0 Å². The first-order chi connectivity index (χ1) is 8.65. The lowest BCUT2D eigenvalue weighted by molar-refractivity contribution is 1.37. The van der Waals surface area contributed by atoms with E-state index in [0.29, 0.717) is 21.5 Å². The Morgan fingerprint density at radius 1 is 1.00 bits per heavy atom. The zero-order chi connectivity index (χ0) is 13.1. The van der Waals surface area contributed by atoms with Crippen LogP contribution in [0.2, 0.25) is 10.0 Å². The maximum absolute atomic E-state index is 9.18. The summed E-state index contributed by atoms with van der Waals surface area (Å²) in [7, 11) is 0. The maximum atomic E-state index is 9.18. The summed E-state index contributed by atoms with van der Waals surface area (Å²) < 4.78 is 0. The van der Waals surface area contributed by atoms with Crippen molar-refractivity contribution < 1.29 is 0 Å². The van der Waals surface area contributed by atoms with Crippen LogP contribution in [0.3, 0.4) is 0 Å². The number of halogens is 3. The van der Waals surface area contributed by atoms with Gasteiger partial charge in [-0.3, -0.25) is 0 Å². The van der Waals surface area contributed by atoms with Gasteiger partial charge in [0.15, 0.2) is 0 Å². The number of nitrogens with zero attached hydrogens (tertiary/aromatic N) is 1. The third-order valence-corrected chi connectivity index (χ3v) is 3.44. The smallest absolute Gasteiger partial charge is 0.0998 e. The molecule has 0 radical (unpaired) electrons. The predicted molar refractivity (Wildman–Crippen MR) is 76.2 cm³/mol. The Labute approximate surface area is 121 Å². The molecule has 2 aromatic rings. The molecule has 0 aliphatic heterocycles. The Morgan fingerprint density at radius 3 is 2.33 bits per heavy atom. The van der Waals surface area contributed by atoms with Gasteiger partial charge in [0, 0.05) is 27.1 Å². The van der Waals surface area contributed by atoms with E-state index in [4.69, 9.17) is 34.8 Å². The highest BCUT2D eigenvalue weighted by molar-refractivity contribution is 6.36. The fourth-order valence-electron chi connectivity index (χ4n) is 1.71. The van der Waals surface area contributed by atoms with E-state index >= 15 is 0 Å². The minimum Gasteiger partial charge on any atom is -0.192 e. The summed E-state index contributed by atoms with van der Waals surface area (Å²) in [4.78, 5) is 0. The van der Waals surface area contributed by atoms with Gasteiger partial charge in [-0.2, -0.15) is 5.26 Å². The van der Waals surface area contributed by atoms with Crippen molar-refractivity contribution in [2.24, 2.45) is 0 Å². The van der Waals surface area contributed by atoms with Crippen molar-refractivity contribution in [2.75, 3.05) is 0 Å². The number of hydrogen-bond donors (Lipinski definition) is 0. The van der Waals surface area contributed by atoms with Crippen LogP contribution >= 0.6 is 34.8 Å². The van der Waals surface area contributed by atoms with E-state index < -0.39 is 0 Å². The first-order valence-electron chi connectivity index (χ1n) is 5.20. The van der Waals surface area contributed by atoms with Crippen LogP contribution < -0.4 is 0 Å². The van der Waals surface area contributed by atoms with E-state index in [1.807, 2.05) is 12.1 Å². The van der Waals surface area contributed by atoms with Gasteiger partial charge in [0.1, 0.15) is 0 Å². The lowest BCUT2D eigenvalue weighted by atomic mass is 9.98. The van der Waals surface area contributed by atoms with Gasteiger partial charge in [-0.25, -0.2) is 0 Å². The van der Waals surface area contributed by atoms with Crippen molar-refractivity contribution in [3.05, 3.63) is 57.6 Å². The summed E-state index contributed by atoms with van der Waals surface area (Å²) >= 11 is 17.8. The second kappa shape index (κ2) is 5.63. The standard InChI is InChI=1S/C14H8Cl3N/c15-7-9-1-3-12(10(5-9)8-18)13-4-2-11(16)6-14(13)17/h1-6H,7H2. The molecule has 0 aromatic heterocycles. The molecule has 2 aromatic carbocycles. The average molecular weight is 297 g/mol. The second-order valence-electron chi connectivity index (χ2n) is 3.75. The third kappa shape index (κ3) is 2.62. The highest BCUT2D eigenvalue weighted by Crippen LogP contribution is 2.32. The van der Waals surface area contributed by atoms with Crippen LogP contribution in [0.1, 0.15) is 11.1 Å². The monoisotopic (exact) mass is 295 g/mol. The SMILES string of the molecule is N#Cc1cc(CCl)ccc1-c1ccc(Cl)cc1Cl. The number of rotatable bonds is 2. The minimum atomic E-state index is 0.378. The first kappa shape index (κ1) is 13.2. The lowest BCUT2D eigenvalue weighted by Gasteiger charge is -2.08. The number of hydrogen-bond acceptors (Lipinski definition) is 1. The van der Waals surface area contributed by atoms with Gasteiger partial charge in [0.05, 0.1) is 11.6 Å². The normalized spacial score (nSPS) is 10.1. The molecule has 0 unspecified atom stereocenters. The molecule has 2 rings (SSSR count). The highest BCUT2D eigenvalue weighted by Gasteiger charge is 2.09. The Bertz CT molecular complexity index is 629. The molecule has 90 valence electrons. The summed E-state index contributed by atoms with van der Waals surface area (Å²) in [6.07, 6.45) is 0. The van der Waals surface area contributed by atoms with Gasteiger partial charge in [-0.15, -0.1) is 11.6 Å². The molecule has 0 aliphatic rings. The minimum absolute atomic E-state index is 0.378. The molecule has 4 heteroatoms. The second-order valence-corrected chi connectivity index (χ2v) is 4.86. The topological polar surface area (TPSA) is 23.8 Å². The molecule has 0 fully saturated rings. The number of alkyl halides is 1. The zero-order valence-corrected chi connectivity index (χ0v) is 11.5. The molecular formula is C14H8Cl3N. The lowest BCUT2D eigenvalue weighted by Crippen LogP contribution is -1.88. The molecule has 1 nitrogen and oxygen atoms in total. The predicted octanol–water partition coefficient (Wildman–Crippen LogP) is 5.27. The molecule has 0 amide bonds. The fourth-order valence-corrected chi connectivity index (χ4v) is 2.39. The molecular weight excluding hydrogens is 289 g/mol. The maximum Gasteiger partial charge on any atom is 0.0998 e. The van der Waals surface area contributed by atoms with Crippen LogP contribution in [0.15, 0.2) is 36.4 Å². The molecule has 0 bridgehead atoms. The van der Waals surface area contributed by atoms with E-state index in [1.165, 1.54) is 0 Å². The molecule has 18 heavy (non-hydrogen) atoms. The quantitative estimate of drug-likeness (QED) is 0.692. The van der Waals surface area contributed by atoms with Gasteiger partial charge < -0.3 is 0 Å². The summed E-state index contributed by atoms with van der Waals surface area (Å²) in [6.45, 7) is 0. The Morgan fingerprint density at radius 2 is 1.72 bits per heavy atom. The van der Waals surface area contributed by atoms with E-state index in [1.54, 1.807) is 24.3 Å². The molecule has 0 saturated heterocycles. The molecule has 0 saturated carbocycles. The average Bonchev–Trinajstić information content (AvgIpc) is 2.38. The van der Waals surface area contributed by atoms with Gasteiger partial charge in [-0.05, 0) is 23.8 Å². The fraction of sp³-hybridized carbons (Fsp3) is 0.0714. The zero-order valence-electron chi connectivity index (χ0n) is 9.25. The molecule has 0 heterocycles. The number of benzene rings is 2. The van der Waals surface area contributed by atoms with Crippen LogP contribution in [-0.2, 0) is 5.88 Å². The summed E-state index contributed by atoms with van der Waals surface area (Å²) in [5, 5.41) is 10.3. The van der Waals surface area contributed by atoms with Gasteiger partial charge in [-0.1, -0.05) is 41.4 Å². The van der Waals surface area contributed by atoms with Crippen molar-refractivity contribution in [1.82, 2.24) is 0 Å². The summed E-state index contributed by atoms with van der Waals surface area (Å²) in [5.74, 6) is 0.378. The van der Waals surface area contributed by atoms with Crippen molar-refractivity contribution >= 4 is 34.8 Å². The van der Waals surface area contributed by atoms with Crippen LogP contribution in [0.4, 0.5) is 0 Å². The third-order valence-electron chi connectivity index (χ3n) is 2.58. The van der Waals surface area contributed by atoms with Crippen molar-refractivity contribution in [1.29, 1.82) is 5.26 Å². The van der Waals surface area contributed by atoms with Crippen LogP contribution in [-0.4, -0.2) is 0 Å². The van der Waals surface area contributed by atoms with E-state index in [2.05, 4.69) is 6.07 Å². The highest BCUT2D eigenvalue weighted by atomic mass is 35.5. The van der Waals surface area contributed by atoms with E-state index in [0.717, 1.165) is 16.7 Å². The number of nitriles is 1. The van der Waals surface area contributed by atoms with Gasteiger partial charge in [0.25, 0.3) is 0 Å². The first-order valence-corrected chi connectivity index (χ1v) is 6.49. The van der Waals surface area contributed by atoms with Crippen molar-refractivity contribution in [2.45, 2.75) is 5.88 Å². The van der Waals surface area contributed by atoms with Gasteiger partial charge >= 0.3 is 0 Å². The molecule has 0 spiro atoms. The van der Waals surface area contributed by atoms with Crippen LogP contribution in [0.5, 0.6) is 0 Å². The summed E-state index contributed by atoms with van der Waals surface area (Å²) in [6, 6.07) is 12.9. The molecule has 0 atom stereocenters. The summed E-state index contributed by atoms with van der Waals surface area (Å²) in [5.41, 5.74) is 3.03. The van der Waals surface area contributed by atoms with Crippen LogP contribution in [0, 0.1) is 11.3 Å². The molecule has 0 aliphatic carbocycles. The Balaban J connectivity index is 2.60. The van der Waals surface area contributed by atoms with E-state index in [9.17, 15) is 5.26 Å². The Hall–Kier alpha value is -1.20. The molecule has 0 N–H and O–H groups in total. The van der Waals surface area contributed by atoms with E-state index in [-0.39, 0.29) is 0 Å². The largest absolute Gasteiger partial charge is 0.192 e. The Kier molecular flexibility index (Phi) is 4.14.